The topological polar surface area (TPSA) is 119 Å². The number of fused-ring (bicyclic) bond motifs is 1. The van der Waals surface area contributed by atoms with Crippen molar-refractivity contribution in [2.45, 2.75) is 26.2 Å². The number of rotatable bonds is 6. The molecule has 0 bridgehead atoms. The van der Waals surface area contributed by atoms with Gasteiger partial charge in [-0.1, -0.05) is 25.5 Å². The van der Waals surface area contributed by atoms with Crippen LogP contribution in [0.2, 0.25) is 0 Å². The number of amides is 1. The predicted octanol–water partition coefficient (Wildman–Crippen LogP) is 4.45. The first-order valence-electron chi connectivity index (χ1n) is 9.39. The van der Waals surface area contributed by atoms with Crippen LogP contribution >= 0.6 is 11.8 Å². The minimum atomic E-state index is -0.999. The zero-order chi connectivity index (χ0) is 21.3. The average molecular weight is 422 g/mol. The highest BCUT2D eigenvalue weighted by molar-refractivity contribution is 8.26. The standard InChI is InChI=1S/C21H18N4O4S/c1-2-3-4-17-24-25-18(22)15(19(26)23-21(25)30-17)11-14-9-10-16(29-14)12-5-7-13(8-6-12)20(27)28/h5-11,22H,2-4H2,1H3,(H,27,28)/b15-11+,22-18?. The summed E-state index contributed by atoms with van der Waals surface area (Å²) in [6, 6.07) is 9.69. The molecular weight excluding hydrogens is 404 g/mol. The van der Waals surface area contributed by atoms with Crippen LogP contribution < -0.4 is 0 Å². The molecule has 2 aliphatic rings. The van der Waals surface area contributed by atoms with E-state index in [1.54, 1.807) is 24.3 Å². The van der Waals surface area contributed by atoms with E-state index in [0.29, 0.717) is 22.3 Å². The van der Waals surface area contributed by atoms with E-state index in [1.807, 2.05) is 0 Å². The summed E-state index contributed by atoms with van der Waals surface area (Å²) in [7, 11) is 0. The van der Waals surface area contributed by atoms with Crippen molar-refractivity contribution < 1.29 is 19.1 Å². The second kappa shape index (κ2) is 8.11. The van der Waals surface area contributed by atoms with Crippen LogP contribution in [0.25, 0.3) is 17.4 Å². The lowest BCUT2D eigenvalue weighted by atomic mass is 10.1. The predicted molar refractivity (Wildman–Crippen MR) is 116 cm³/mol. The molecule has 4 rings (SSSR count). The van der Waals surface area contributed by atoms with Crippen molar-refractivity contribution in [2.24, 2.45) is 10.1 Å². The van der Waals surface area contributed by atoms with Crippen molar-refractivity contribution in [1.82, 2.24) is 5.01 Å². The van der Waals surface area contributed by atoms with Crippen molar-refractivity contribution in [3.63, 3.8) is 0 Å². The third-order valence-corrected chi connectivity index (χ3v) is 5.54. The van der Waals surface area contributed by atoms with Crippen molar-refractivity contribution in [1.29, 1.82) is 5.41 Å². The van der Waals surface area contributed by atoms with Crippen LogP contribution in [-0.2, 0) is 4.79 Å². The number of carboxylic acids is 1. The van der Waals surface area contributed by atoms with Gasteiger partial charge >= 0.3 is 5.97 Å². The van der Waals surface area contributed by atoms with Crippen molar-refractivity contribution in [3.05, 3.63) is 53.3 Å². The van der Waals surface area contributed by atoms with Gasteiger partial charge in [-0.3, -0.25) is 10.2 Å². The van der Waals surface area contributed by atoms with E-state index < -0.39 is 11.9 Å². The molecule has 30 heavy (non-hydrogen) atoms. The second-order valence-electron chi connectivity index (χ2n) is 6.70. The maximum Gasteiger partial charge on any atom is 0.335 e. The van der Waals surface area contributed by atoms with Gasteiger partial charge in [0.2, 0.25) is 5.17 Å². The van der Waals surface area contributed by atoms with E-state index in [9.17, 15) is 9.59 Å². The highest BCUT2D eigenvalue weighted by Crippen LogP contribution is 2.31. The molecule has 3 heterocycles. The molecule has 0 aliphatic carbocycles. The molecule has 152 valence electrons. The highest BCUT2D eigenvalue weighted by atomic mass is 32.2. The summed E-state index contributed by atoms with van der Waals surface area (Å²) < 4.78 is 5.77. The van der Waals surface area contributed by atoms with Crippen LogP contribution in [0, 0.1) is 5.41 Å². The quantitative estimate of drug-likeness (QED) is 0.664. The third-order valence-electron chi connectivity index (χ3n) is 4.57. The number of hydrogen-bond acceptors (Lipinski definition) is 6. The molecule has 0 atom stereocenters. The maximum atomic E-state index is 12.5. The molecule has 1 aromatic carbocycles. The van der Waals surface area contributed by atoms with Crippen LogP contribution in [-0.4, -0.2) is 38.0 Å². The molecular formula is C21H18N4O4S. The number of thioether (sulfide) groups is 1. The Morgan fingerprint density at radius 1 is 1.27 bits per heavy atom. The number of benzene rings is 1. The number of amidine groups is 2. The van der Waals surface area contributed by atoms with Crippen LogP contribution in [0.1, 0.15) is 42.3 Å². The first-order valence-corrected chi connectivity index (χ1v) is 10.2. The zero-order valence-corrected chi connectivity index (χ0v) is 16.9. The highest BCUT2D eigenvalue weighted by Gasteiger charge is 2.35. The lowest BCUT2D eigenvalue weighted by Crippen LogP contribution is -2.35. The van der Waals surface area contributed by atoms with Gasteiger partial charge in [0.1, 0.15) is 16.6 Å². The molecule has 9 heteroatoms. The lowest BCUT2D eigenvalue weighted by molar-refractivity contribution is -0.114. The molecule has 0 saturated carbocycles. The van der Waals surface area contributed by atoms with Crippen LogP contribution in [0.5, 0.6) is 0 Å². The van der Waals surface area contributed by atoms with E-state index >= 15 is 0 Å². The minimum Gasteiger partial charge on any atom is -0.478 e. The first kappa shape index (κ1) is 19.8. The summed E-state index contributed by atoms with van der Waals surface area (Å²) in [6.45, 7) is 2.09. The van der Waals surface area contributed by atoms with Gasteiger partial charge in [-0.2, -0.15) is 15.1 Å². The fourth-order valence-corrected chi connectivity index (χ4v) is 3.89. The molecule has 0 radical (unpaired) electrons. The Hall–Kier alpha value is -3.46. The van der Waals surface area contributed by atoms with Crippen LogP contribution in [0.4, 0.5) is 0 Å². The fraction of sp³-hybridized carbons (Fsp3) is 0.190. The lowest BCUT2D eigenvalue weighted by Gasteiger charge is -2.19. The van der Waals surface area contributed by atoms with Gasteiger partial charge in [-0.05, 0) is 54.9 Å². The van der Waals surface area contributed by atoms with Gasteiger partial charge in [0.25, 0.3) is 5.91 Å². The van der Waals surface area contributed by atoms with Gasteiger partial charge < -0.3 is 9.52 Å². The molecule has 2 aliphatic heterocycles. The van der Waals surface area contributed by atoms with Gasteiger partial charge in [-0.25, -0.2) is 4.79 Å². The Morgan fingerprint density at radius 3 is 2.73 bits per heavy atom. The average Bonchev–Trinajstić information content (AvgIpc) is 3.36. The monoisotopic (exact) mass is 422 g/mol. The third kappa shape index (κ3) is 3.84. The summed E-state index contributed by atoms with van der Waals surface area (Å²) in [6.07, 6.45) is 4.29. The number of hydrazone groups is 1. The van der Waals surface area contributed by atoms with Crippen LogP contribution in [0.3, 0.4) is 0 Å². The SMILES string of the molecule is CCCCC1=NN2C(=N)/C(=C\c3ccc(-c4ccc(C(=O)O)cc4)o3)C(=O)N=C2S1. The summed E-state index contributed by atoms with van der Waals surface area (Å²) in [5, 5.41) is 24.4. The molecule has 0 fully saturated rings. The summed E-state index contributed by atoms with van der Waals surface area (Å²) >= 11 is 1.33. The summed E-state index contributed by atoms with van der Waals surface area (Å²) in [5.41, 5.74) is 0.989. The zero-order valence-electron chi connectivity index (χ0n) is 16.1. The normalized spacial score (nSPS) is 17.2. The summed E-state index contributed by atoms with van der Waals surface area (Å²) in [4.78, 5) is 27.5. The smallest absolute Gasteiger partial charge is 0.335 e. The number of nitrogens with zero attached hydrogens (tertiary/aromatic N) is 3. The van der Waals surface area contributed by atoms with E-state index in [2.05, 4.69) is 17.0 Å². The molecule has 0 saturated heterocycles. The van der Waals surface area contributed by atoms with Crippen molar-refractivity contribution in [3.8, 4) is 11.3 Å². The molecule has 8 nitrogen and oxygen atoms in total. The number of carboxylic acid groups (broad SMARTS) is 1. The van der Waals surface area contributed by atoms with Gasteiger partial charge in [0.15, 0.2) is 5.84 Å². The Kier molecular flexibility index (Phi) is 5.37. The van der Waals surface area contributed by atoms with Crippen molar-refractivity contribution in [2.75, 3.05) is 0 Å². The summed E-state index contributed by atoms with van der Waals surface area (Å²) in [5.74, 6) is -0.626. The Labute approximate surface area is 176 Å². The fourth-order valence-electron chi connectivity index (χ4n) is 2.97. The van der Waals surface area contributed by atoms with E-state index in [0.717, 1.165) is 24.3 Å². The van der Waals surface area contributed by atoms with Gasteiger partial charge in [-0.15, -0.1) is 0 Å². The van der Waals surface area contributed by atoms with E-state index in [1.165, 1.54) is 35.0 Å². The van der Waals surface area contributed by atoms with Crippen molar-refractivity contribution >= 4 is 45.8 Å². The number of furan rings is 1. The van der Waals surface area contributed by atoms with Crippen LogP contribution in [0.15, 0.2) is 56.5 Å². The van der Waals surface area contributed by atoms with Gasteiger partial charge in [0.05, 0.1) is 11.1 Å². The number of carbonyl (C=O) groups excluding carboxylic acids is 1. The Balaban J connectivity index is 1.57. The molecule has 1 aromatic heterocycles. The van der Waals surface area contributed by atoms with Gasteiger partial charge in [0, 0.05) is 5.56 Å². The molecule has 2 N–H and O–H groups in total. The largest absolute Gasteiger partial charge is 0.478 e. The number of carbonyl (C=O) groups is 2. The Bertz CT molecular complexity index is 1130. The number of aromatic carboxylic acids is 1. The van der Waals surface area contributed by atoms with E-state index in [-0.39, 0.29) is 17.0 Å². The number of hydrogen-bond donors (Lipinski definition) is 2. The Morgan fingerprint density at radius 2 is 2.03 bits per heavy atom. The molecule has 1 amide bonds. The molecule has 0 spiro atoms. The number of unbranched alkanes of at least 4 members (excludes halogenated alkanes) is 1. The number of aliphatic imine (C=N–C) groups is 1. The maximum absolute atomic E-state index is 12.5. The first-order chi connectivity index (χ1) is 14.5. The molecule has 2 aromatic rings. The second-order valence-corrected chi connectivity index (χ2v) is 7.74. The number of nitrogens with one attached hydrogen (secondary N) is 1. The van der Waals surface area contributed by atoms with E-state index in [4.69, 9.17) is 14.9 Å². The molecule has 0 unspecified atom stereocenters. The minimum absolute atomic E-state index is 0.0345.